The molecular weight excluding hydrogens is 264 g/mol. The molecule has 0 amide bonds. The third-order valence-corrected chi connectivity index (χ3v) is 4.15. The van der Waals surface area contributed by atoms with E-state index in [1.807, 2.05) is 0 Å². The van der Waals surface area contributed by atoms with Gasteiger partial charge in [0.05, 0.1) is 11.0 Å². The summed E-state index contributed by atoms with van der Waals surface area (Å²) < 4.78 is 56.8. The molecule has 4 nitrogen and oxygen atoms in total. The maximum Gasteiger partial charge on any atom is 0.240 e. The van der Waals surface area contributed by atoms with Crippen molar-refractivity contribution >= 4 is 10.0 Å². The van der Waals surface area contributed by atoms with Crippen molar-refractivity contribution in [2.45, 2.75) is 23.8 Å². The van der Waals surface area contributed by atoms with E-state index in [-0.39, 0.29) is 17.5 Å². The molecule has 0 saturated carbocycles. The van der Waals surface area contributed by atoms with E-state index in [4.69, 9.17) is 4.74 Å². The average Bonchev–Trinajstić information content (AvgIpc) is 2.83. The number of halogens is 2. The monoisotopic (exact) mass is 277 g/mol. The maximum atomic E-state index is 13.0. The van der Waals surface area contributed by atoms with Crippen molar-refractivity contribution in [2.24, 2.45) is 0 Å². The highest BCUT2D eigenvalue weighted by Gasteiger charge is 2.21. The van der Waals surface area contributed by atoms with Gasteiger partial charge in [-0.15, -0.1) is 0 Å². The van der Waals surface area contributed by atoms with Crippen LogP contribution in [0.25, 0.3) is 0 Å². The topological polar surface area (TPSA) is 55.4 Å². The highest BCUT2D eigenvalue weighted by Crippen LogP contribution is 2.15. The number of sulfonamides is 1. The molecule has 0 aromatic heterocycles. The quantitative estimate of drug-likeness (QED) is 0.905. The van der Waals surface area contributed by atoms with Crippen molar-refractivity contribution in [1.29, 1.82) is 0 Å². The molecule has 100 valence electrons. The zero-order valence-electron chi connectivity index (χ0n) is 9.53. The van der Waals surface area contributed by atoms with Gasteiger partial charge in [0.15, 0.2) is 11.6 Å². The molecule has 2 rings (SSSR count). The normalized spacial score (nSPS) is 20.2. The lowest BCUT2D eigenvalue weighted by Crippen LogP contribution is -2.31. The van der Waals surface area contributed by atoms with Gasteiger partial charge in [-0.25, -0.2) is 21.9 Å². The van der Waals surface area contributed by atoms with Crippen molar-refractivity contribution in [1.82, 2.24) is 4.72 Å². The van der Waals surface area contributed by atoms with Gasteiger partial charge in [0.2, 0.25) is 10.0 Å². The lowest BCUT2D eigenvalue weighted by Gasteiger charge is -2.11. The SMILES string of the molecule is O=S(=O)(NCC1CCCO1)c1ccc(F)c(F)c1. The Labute approximate surface area is 104 Å². The Hall–Kier alpha value is -1.05. The maximum absolute atomic E-state index is 13.0. The first-order chi connectivity index (χ1) is 8.49. The van der Waals surface area contributed by atoms with Crippen LogP contribution < -0.4 is 4.72 Å². The molecule has 1 aromatic rings. The fraction of sp³-hybridized carbons (Fsp3) is 0.455. The van der Waals surface area contributed by atoms with Crippen LogP contribution in [0.1, 0.15) is 12.8 Å². The molecule has 1 fully saturated rings. The number of nitrogens with one attached hydrogen (secondary N) is 1. The second kappa shape index (κ2) is 5.29. The third kappa shape index (κ3) is 3.04. The molecule has 1 aliphatic heterocycles. The summed E-state index contributed by atoms with van der Waals surface area (Å²) in [5, 5.41) is 0. The molecule has 1 saturated heterocycles. The van der Waals surface area contributed by atoms with E-state index >= 15 is 0 Å². The van der Waals surface area contributed by atoms with Crippen molar-refractivity contribution in [3.63, 3.8) is 0 Å². The molecule has 7 heteroatoms. The van der Waals surface area contributed by atoms with Crippen LogP contribution in [0.4, 0.5) is 8.78 Å². The van der Waals surface area contributed by atoms with E-state index in [1.54, 1.807) is 0 Å². The number of hydrogen-bond acceptors (Lipinski definition) is 3. The standard InChI is InChI=1S/C11H13F2NO3S/c12-10-4-3-9(6-11(10)13)18(15,16)14-7-8-2-1-5-17-8/h3-4,6,8,14H,1-2,5,7H2. The fourth-order valence-electron chi connectivity index (χ4n) is 1.74. The summed E-state index contributed by atoms with van der Waals surface area (Å²) >= 11 is 0. The molecule has 0 radical (unpaired) electrons. The Balaban J connectivity index is 2.07. The zero-order valence-corrected chi connectivity index (χ0v) is 10.3. The highest BCUT2D eigenvalue weighted by molar-refractivity contribution is 7.89. The second-order valence-corrected chi connectivity index (χ2v) is 5.83. The van der Waals surface area contributed by atoms with Gasteiger partial charge in [0.1, 0.15) is 0 Å². The van der Waals surface area contributed by atoms with E-state index in [2.05, 4.69) is 4.72 Å². The van der Waals surface area contributed by atoms with Crippen LogP contribution in [0, 0.1) is 11.6 Å². The van der Waals surface area contributed by atoms with Crippen LogP contribution in [-0.4, -0.2) is 27.7 Å². The Bertz CT molecular complexity index is 527. The summed E-state index contributed by atoms with van der Waals surface area (Å²) in [5.74, 6) is -2.26. The molecule has 1 unspecified atom stereocenters. The van der Waals surface area contributed by atoms with Crippen LogP contribution in [-0.2, 0) is 14.8 Å². The van der Waals surface area contributed by atoms with Crippen molar-refractivity contribution in [2.75, 3.05) is 13.2 Å². The summed E-state index contributed by atoms with van der Waals surface area (Å²) in [6.45, 7) is 0.763. The predicted octanol–water partition coefficient (Wildman–Crippen LogP) is 1.42. The molecule has 18 heavy (non-hydrogen) atoms. The van der Waals surface area contributed by atoms with Gasteiger partial charge >= 0.3 is 0 Å². The first kappa shape index (κ1) is 13.4. The Morgan fingerprint density at radius 2 is 2.11 bits per heavy atom. The third-order valence-electron chi connectivity index (χ3n) is 2.73. The van der Waals surface area contributed by atoms with Crippen molar-refractivity contribution in [3.8, 4) is 0 Å². The predicted molar refractivity (Wildman–Crippen MR) is 60.5 cm³/mol. The Morgan fingerprint density at radius 3 is 2.72 bits per heavy atom. The van der Waals surface area contributed by atoms with Gasteiger partial charge in [-0.05, 0) is 31.0 Å². The Kier molecular flexibility index (Phi) is 3.94. The van der Waals surface area contributed by atoms with Gasteiger partial charge in [0.25, 0.3) is 0 Å². The van der Waals surface area contributed by atoms with Crippen molar-refractivity contribution < 1.29 is 21.9 Å². The van der Waals surface area contributed by atoms with E-state index in [1.165, 1.54) is 0 Å². The lowest BCUT2D eigenvalue weighted by molar-refractivity contribution is 0.114. The summed E-state index contributed by atoms with van der Waals surface area (Å²) in [5.41, 5.74) is 0. The molecule has 0 aliphatic carbocycles. The first-order valence-corrected chi connectivity index (χ1v) is 7.04. The molecule has 0 spiro atoms. The second-order valence-electron chi connectivity index (χ2n) is 4.06. The molecule has 1 aromatic carbocycles. The summed E-state index contributed by atoms with van der Waals surface area (Å²) in [7, 11) is -3.82. The van der Waals surface area contributed by atoms with Crippen LogP contribution in [0.5, 0.6) is 0 Å². The van der Waals surface area contributed by atoms with Crippen LogP contribution in [0.15, 0.2) is 23.1 Å². The zero-order chi connectivity index (χ0) is 13.2. The van der Waals surface area contributed by atoms with E-state index in [0.717, 1.165) is 25.0 Å². The minimum atomic E-state index is -3.82. The smallest absolute Gasteiger partial charge is 0.240 e. The Morgan fingerprint density at radius 1 is 1.33 bits per heavy atom. The molecular formula is C11H13F2NO3S. The van der Waals surface area contributed by atoms with Gasteiger partial charge < -0.3 is 4.74 Å². The van der Waals surface area contributed by atoms with Crippen LogP contribution >= 0.6 is 0 Å². The van der Waals surface area contributed by atoms with Crippen LogP contribution in [0.3, 0.4) is 0 Å². The molecule has 1 N–H and O–H groups in total. The first-order valence-electron chi connectivity index (χ1n) is 5.55. The van der Waals surface area contributed by atoms with Gasteiger partial charge in [-0.3, -0.25) is 0 Å². The minimum Gasteiger partial charge on any atom is -0.377 e. The lowest BCUT2D eigenvalue weighted by atomic mass is 10.2. The van der Waals surface area contributed by atoms with Crippen molar-refractivity contribution in [3.05, 3.63) is 29.8 Å². The number of benzene rings is 1. The highest BCUT2D eigenvalue weighted by atomic mass is 32.2. The minimum absolute atomic E-state index is 0.140. The van der Waals surface area contributed by atoms with E-state index < -0.39 is 21.7 Å². The molecule has 1 aliphatic rings. The molecule has 0 bridgehead atoms. The largest absolute Gasteiger partial charge is 0.377 e. The fourth-order valence-corrected chi connectivity index (χ4v) is 2.81. The van der Waals surface area contributed by atoms with Gasteiger partial charge in [-0.2, -0.15) is 0 Å². The number of hydrogen-bond donors (Lipinski definition) is 1. The molecule has 1 heterocycles. The summed E-state index contributed by atoms with van der Waals surface area (Å²) in [6, 6.07) is 2.47. The van der Waals surface area contributed by atoms with Gasteiger partial charge in [0, 0.05) is 13.2 Å². The number of rotatable bonds is 4. The average molecular weight is 277 g/mol. The molecule has 1 atom stereocenters. The van der Waals surface area contributed by atoms with Crippen LogP contribution in [0.2, 0.25) is 0 Å². The summed E-state index contributed by atoms with van der Waals surface area (Å²) in [4.78, 5) is -0.292. The van der Waals surface area contributed by atoms with Gasteiger partial charge in [-0.1, -0.05) is 0 Å². The number of ether oxygens (including phenoxy) is 1. The van der Waals surface area contributed by atoms with E-state index in [9.17, 15) is 17.2 Å². The van der Waals surface area contributed by atoms with E-state index in [0.29, 0.717) is 12.7 Å². The summed E-state index contributed by atoms with van der Waals surface area (Å²) in [6.07, 6.45) is 1.54.